The molecule has 8 heteroatoms. The number of carbonyl (C=O) groups is 2. The van der Waals surface area contributed by atoms with Gasteiger partial charge >= 0.3 is 12.1 Å². The van der Waals surface area contributed by atoms with Crippen molar-refractivity contribution in [2.45, 2.75) is 38.9 Å². The second-order valence-electron chi connectivity index (χ2n) is 8.31. The lowest BCUT2D eigenvalue weighted by Gasteiger charge is -2.52. The van der Waals surface area contributed by atoms with E-state index in [1.54, 1.807) is 17.0 Å². The fourth-order valence-electron chi connectivity index (χ4n) is 3.77. The van der Waals surface area contributed by atoms with Gasteiger partial charge in [0.05, 0.1) is 25.5 Å². The van der Waals surface area contributed by atoms with Gasteiger partial charge in [-0.3, -0.25) is 0 Å². The Hall–Kier alpha value is -2.64. The van der Waals surface area contributed by atoms with Gasteiger partial charge in [-0.25, -0.2) is 9.59 Å². The van der Waals surface area contributed by atoms with Crippen LogP contribution in [0.25, 0.3) is 0 Å². The molecule has 1 saturated heterocycles. The Balaban J connectivity index is 1.71. The van der Waals surface area contributed by atoms with Crippen molar-refractivity contribution in [3.63, 3.8) is 0 Å². The number of nitrogen functional groups attached to an aromatic ring is 1. The van der Waals surface area contributed by atoms with Gasteiger partial charge < -0.3 is 29.6 Å². The number of ether oxygens (including phenoxy) is 4. The molecule has 8 nitrogen and oxygen atoms in total. The third kappa shape index (κ3) is 3.95. The first kappa shape index (κ1) is 20.1. The number of methoxy groups -OCH3 is 2. The van der Waals surface area contributed by atoms with Gasteiger partial charge in [-0.05, 0) is 27.2 Å². The molecule has 154 valence electrons. The minimum Gasteiger partial charge on any atom is -0.493 e. The van der Waals surface area contributed by atoms with Crippen LogP contribution in [0.2, 0.25) is 0 Å². The minimum absolute atomic E-state index is 0.0540. The molecule has 1 aliphatic heterocycles. The number of carbonyl (C=O) groups excluding carboxylic acids is 2. The van der Waals surface area contributed by atoms with E-state index in [2.05, 4.69) is 0 Å². The zero-order valence-corrected chi connectivity index (χ0v) is 17.0. The Kier molecular flexibility index (Phi) is 5.32. The molecule has 1 aromatic rings. The van der Waals surface area contributed by atoms with Crippen molar-refractivity contribution in [1.29, 1.82) is 0 Å². The van der Waals surface area contributed by atoms with Gasteiger partial charge in [0.25, 0.3) is 0 Å². The monoisotopic (exact) mass is 392 g/mol. The Morgan fingerprint density at radius 3 is 2.29 bits per heavy atom. The molecule has 2 N–H and O–H groups in total. The van der Waals surface area contributed by atoms with Crippen LogP contribution in [0.3, 0.4) is 0 Å². The molecule has 2 aliphatic rings. The maximum atomic E-state index is 12.3. The highest BCUT2D eigenvalue weighted by Gasteiger charge is 2.50. The highest BCUT2D eigenvalue weighted by atomic mass is 16.6. The van der Waals surface area contributed by atoms with Crippen LogP contribution >= 0.6 is 0 Å². The summed E-state index contributed by atoms with van der Waals surface area (Å²) in [6.07, 6.45) is 0.644. The third-order valence-corrected chi connectivity index (χ3v) is 5.10. The lowest BCUT2D eigenvalue weighted by atomic mass is 9.68. The predicted molar refractivity (Wildman–Crippen MR) is 103 cm³/mol. The molecule has 1 saturated carbocycles. The summed E-state index contributed by atoms with van der Waals surface area (Å²) in [5, 5.41) is 0. The summed E-state index contributed by atoms with van der Waals surface area (Å²) in [5.41, 5.74) is 5.90. The molecule has 1 amide bonds. The SMILES string of the molecule is COC(=O)c1cc(OC2[C@@H]3C[C@H]2CN(C(=O)OC(C)(C)C)C3)c(OC)cc1N. The standard InChI is InChI=1S/C20H28N2O6/c1-20(2,3)28-19(24)22-9-11-6-12(10-22)17(11)27-16-7-13(18(23)26-5)14(21)8-15(16)25-4/h7-8,11-12,17H,6,9-10,21H2,1-5H3/t11-,12+,17?. The zero-order chi connectivity index (χ0) is 20.6. The largest absolute Gasteiger partial charge is 0.493 e. The van der Waals surface area contributed by atoms with Crippen LogP contribution in [0.4, 0.5) is 10.5 Å². The highest BCUT2D eigenvalue weighted by molar-refractivity contribution is 5.96. The molecule has 2 fully saturated rings. The average molecular weight is 392 g/mol. The van der Waals surface area contributed by atoms with Crippen LogP contribution in [0.5, 0.6) is 11.5 Å². The van der Waals surface area contributed by atoms with E-state index >= 15 is 0 Å². The van der Waals surface area contributed by atoms with Crippen molar-refractivity contribution in [2.75, 3.05) is 33.0 Å². The van der Waals surface area contributed by atoms with Gasteiger partial charge in [-0.1, -0.05) is 0 Å². The molecular formula is C20H28N2O6. The van der Waals surface area contributed by atoms with E-state index in [0.29, 0.717) is 24.6 Å². The number of fused-ring (bicyclic) bond motifs is 2. The summed E-state index contributed by atoms with van der Waals surface area (Å²) in [6.45, 7) is 6.73. The summed E-state index contributed by atoms with van der Waals surface area (Å²) in [5.74, 6) is 0.779. The number of hydrogen-bond acceptors (Lipinski definition) is 7. The number of anilines is 1. The van der Waals surface area contributed by atoms with Crippen molar-refractivity contribution >= 4 is 17.7 Å². The molecule has 1 heterocycles. The van der Waals surface area contributed by atoms with Crippen molar-refractivity contribution in [1.82, 2.24) is 4.90 Å². The first-order chi connectivity index (χ1) is 13.1. The Morgan fingerprint density at radius 2 is 1.75 bits per heavy atom. The van der Waals surface area contributed by atoms with Crippen LogP contribution in [0.15, 0.2) is 12.1 Å². The summed E-state index contributed by atoms with van der Waals surface area (Å²) in [6, 6.07) is 3.11. The van der Waals surface area contributed by atoms with Crippen LogP contribution in [0.1, 0.15) is 37.6 Å². The molecule has 3 atom stereocenters. The lowest BCUT2D eigenvalue weighted by molar-refractivity contribution is -0.0934. The number of nitrogens with zero attached hydrogens (tertiary/aromatic N) is 1. The Labute approximate surface area is 164 Å². The van der Waals surface area contributed by atoms with Gasteiger partial charge in [0.2, 0.25) is 0 Å². The molecule has 2 bridgehead atoms. The molecule has 28 heavy (non-hydrogen) atoms. The van der Waals surface area contributed by atoms with Crippen LogP contribution in [0, 0.1) is 11.8 Å². The molecule has 0 radical (unpaired) electrons. The Bertz CT molecular complexity index is 761. The van der Waals surface area contributed by atoms with E-state index in [0.717, 1.165) is 6.42 Å². The van der Waals surface area contributed by atoms with Crippen molar-refractivity contribution < 1.29 is 28.5 Å². The molecular weight excluding hydrogens is 364 g/mol. The Morgan fingerprint density at radius 1 is 1.11 bits per heavy atom. The van der Waals surface area contributed by atoms with Crippen molar-refractivity contribution in [3.8, 4) is 11.5 Å². The smallest absolute Gasteiger partial charge is 0.410 e. The number of benzene rings is 1. The number of amides is 1. The number of likely N-dealkylation sites (tertiary alicyclic amines) is 1. The summed E-state index contributed by atoms with van der Waals surface area (Å²) >= 11 is 0. The summed E-state index contributed by atoms with van der Waals surface area (Å²) in [4.78, 5) is 26.0. The fourth-order valence-corrected chi connectivity index (χ4v) is 3.77. The molecule has 0 aromatic heterocycles. The second-order valence-corrected chi connectivity index (χ2v) is 8.31. The first-order valence-corrected chi connectivity index (χ1v) is 9.33. The van der Waals surface area contributed by atoms with Crippen molar-refractivity contribution in [3.05, 3.63) is 17.7 Å². The number of piperidine rings is 2. The maximum Gasteiger partial charge on any atom is 0.410 e. The van der Waals surface area contributed by atoms with E-state index in [4.69, 9.17) is 24.7 Å². The van der Waals surface area contributed by atoms with E-state index in [1.807, 2.05) is 20.8 Å². The van der Waals surface area contributed by atoms with Gasteiger partial charge in [0.1, 0.15) is 11.7 Å². The minimum atomic E-state index is -0.532. The topological polar surface area (TPSA) is 100 Å². The lowest BCUT2D eigenvalue weighted by Crippen LogP contribution is -2.62. The van der Waals surface area contributed by atoms with E-state index in [9.17, 15) is 9.59 Å². The molecule has 3 rings (SSSR count). The van der Waals surface area contributed by atoms with Crippen LogP contribution in [-0.4, -0.2) is 56.0 Å². The molecule has 0 spiro atoms. The summed E-state index contributed by atoms with van der Waals surface area (Å²) in [7, 11) is 2.82. The van der Waals surface area contributed by atoms with Gasteiger partial charge in [0.15, 0.2) is 11.5 Å². The average Bonchev–Trinajstić information content (AvgIpc) is 2.64. The quantitative estimate of drug-likeness (QED) is 0.621. The van der Waals surface area contributed by atoms with Gasteiger partial charge in [-0.15, -0.1) is 0 Å². The van der Waals surface area contributed by atoms with Crippen LogP contribution < -0.4 is 15.2 Å². The molecule has 1 aliphatic carbocycles. The third-order valence-electron chi connectivity index (χ3n) is 5.10. The van der Waals surface area contributed by atoms with Gasteiger partial charge in [0, 0.05) is 37.1 Å². The van der Waals surface area contributed by atoms with Gasteiger partial charge in [-0.2, -0.15) is 0 Å². The number of rotatable bonds is 4. The normalized spacial score (nSPS) is 23.5. The zero-order valence-electron chi connectivity index (χ0n) is 17.0. The first-order valence-electron chi connectivity index (χ1n) is 9.33. The second kappa shape index (κ2) is 7.41. The predicted octanol–water partition coefficient (Wildman–Crippen LogP) is 2.70. The number of esters is 1. The highest BCUT2D eigenvalue weighted by Crippen LogP contribution is 2.45. The number of hydrogen-bond donors (Lipinski definition) is 1. The molecule has 1 unspecified atom stereocenters. The number of nitrogens with two attached hydrogens (primary N) is 1. The van der Waals surface area contributed by atoms with E-state index in [1.165, 1.54) is 14.2 Å². The van der Waals surface area contributed by atoms with Crippen molar-refractivity contribution in [2.24, 2.45) is 11.8 Å². The summed E-state index contributed by atoms with van der Waals surface area (Å²) < 4.78 is 21.8. The van der Waals surface area contributed by atoms with E-state index in [-0.39, 0.29) is 35.3 Å². The molecule has 1 aromatic carbocycles. The van der Waals surface area contributed by atoms with Crippen LogP contribution in [-0.2, 0) is 9.47 Å². The maximum absolute atomic E-state index is 12.3. The fraction of sp³-hybridized carbons (Fsp3) is 0.600. The van der Waals surface area contributed by atoms with E-state index < -0.39 is 11.6 Å².